The number of hydrogen-bond donors (Lipinski definition) is 0. The Bertz CT molecular complexity index is 446. The molecule has 1 saturated carbocycles. The largest absolute Gasteiger partial charge is 0.493 e. The Morgan fingerprint density at radius 1 is 1.32 bits per heavy atom. The minimum atomic E-state index is -0.491. The van der Waals surface area contributed by atoms with Crippen LogP contribution in [0.3, 0.4) is 0 Å². The second-order valence-electron chi connectivity index (χ2n) is 5.95. The summed E-state index contributed by atoms with van der Waals surface area (Å²) in [5.41, 5.74) is 1.40. The molecule has 0 atom stereocenters. The molecule has 0 amide bonds. The van der Waals surface area contributed by atoms with Crippen molar-refractivity contribution in [2.75, 3.05) is 19.8 Å². The molecule has 4 nitrogen and oxygen atoms in total. The molecule has 0 radical (unpaired) electrons. The topological polar surface area (TPSA) is 40.6 Å². The van der Waals surface area contributed by atoms with Crippen LogP contribution in [0.5, 0.6) is 5.75 Å². The van der Waals surface area contributed by atoms with Crippen molar-refractivity contribution in [3.8, 4) is 5.75 Å². The molecule has 2 heterocycles. The number of aromatic nitrogens is 1. The van der Waals surface area contributed by atoms with Gasteiger partial charge in [-0.15, -0.1) is 0 Å². The van der Waals surface area contributed by atoms with Crippen molar-refractivity contribution in [3.05, 3.63) is 24.0 Å². The fourth-order valence-electron chi connectivity index (χ4n) is 2.27. The normalized spacial score (nSPS) is 23.3. The monoisotopic (exact) mass is 263 g/mol. The lowest BCUT2D eigenvalue weighted by Crippen LogP contribution is -2.43. The molecule has 1 aliphatic heterocycles. The highest BCUT2D eigenvalue weighted by atomic mass is 16.7. The van der Waals surface area contributed by atoms with E-state index in [0.717, 1.165) is 30.9 Å². The first kappa shape index (κ1) is 12.9. The Kier molecular flexibility index (Phi) is 3.23. The van der Waals surface area contributed by atoms with Crippen molar-refractivity contribution in [2.24, 2.45) is 5.41 Å². The van der Waals surface area contributed by atoms with E-state index in [1.54, 1.807) is 6.20 Å². The molecule has 1 aromatic heterocycles. The summed E-state index contributed by atoms with van der Waals surface area (Å²) < 4.78 is 17.6. The van der Waals surface area contributed by atoms with Crippen LogP contribution in [0.25, 0.3) is 0 Å². The fraction of sp³-hybridized carbons (Fsp3) is 0.667. The van der Waals surface area contributed by atoms with Gasteiger partial charge in [-0.2, -0.15) is 0 Å². The van der Waals surface area contributed by atoms with Crippen molar-refractivity contribution in [1.29, 1.82) is 0 Å². The summed E-state index contributed by atoms with van der Waals surface area (Å²) in [6.07, 6.45) is 6.78. The molecule has 1 saturated heterocycles. The van der Waals surface area contributed by atoms with E-state index in [-0.39, 0.29) is 0 Å². The van der Waals surface area contributed by atoms with E-state index >= 15 is 0 Å². The summed E-state index contributed by atoms with van der Waals surface area (Å²) in [7, 11) is 0. The molecular formula is C15H21NO3. The van der Waals surface area contributed by atoms with Gasteiger partial charge in [0.25, 0.3) is 0 Å². The van der Waals surface area contributed by atoms with Crippen molar-refractivity contribution >= 4 is 0 Å². The third-order valence-electron chi connectivity index (χ3n) is 4.11. The molecule has 0 unspecified atom stereocenters. The summed E-state index contributed by atoms with van der Waals surface area (Å²) in [6, 6.07) is 1.89. The smallest absolute Gasteiger partial charge is 0.168 e. The van der Waals surface area contributed by atoms with E-state index in [1.807, 2.05) is 26.1 Å². The van der Waals surface area contributed by atoms with Crippen molar-refractivity contribution < 1.29 is 14.2 Å². The first-order chi connectivity index (χ1) is 9.11. The van der Waals surface area contributed by atoms with Gasteiger partial charge in [-0.25, -0.2) is 0 Å². The number of ether oxygens (including phenoxy) is 3. The molecule has 1 aromatic rings. The van der Waals surface area contributed by atoms with Crippen LogP contribution in [-0.4, -0.2) is 30.6 Å². The predicted octanol–water partition coefficient (Wildman–Crippen LogP) is 2.70. The van der Waals surface area contributed by atoms with Crippen LogP contribution in [-0.2, 0) is 9.47 Å². The van der Waals surface area contributed by atoms with Crippen LogP contribution in [0.2, 0.25) is 0 Å². The zero-order chi connectivity index (χ0) is 13.3. The zero-order valence-corrected chi connectivity index (χ0v) is 11.6. The first-order valence-electron chi connectivity index (χ1n) is 6.92. The molecular weight excluding hydrogens is 242 g/mol. The van der Waals surface area contributed by atoms with Gasteiger partial charge in [-0.05, 0) is 32.8 Å². The average molecular weight is 263 g/mol. The Labute approximate surface area is 114 Å². The first-order valence-corrected chi connectivity index (χ1v) is 6.92. The van der Waals surface area contributed by atoms with Crippen LogP contribution >= 0.6 is 0 Å². The van der Waals surface area contributed by atoms with Gasteiger partial charge in [0.05, 0.1) is 19.8 Å². The van der Waals surface area contributed by atoms with Crippen LogP contribution in [0, 0.1) is 12.3 Å². The average Bonchev–Trinajstić information content (AvgIpc) is 3.17. The summed E-state index contributed by atoms with van der Waals surface area (Å²) in [4.78, 5) is 4.05. The molecule has 3 rings (SSSR count). The molecule has 19 heavy (non-hydrogen) atoms. The SMILES string of the molecule is Cc1cnccc1OCCC1(C)OCC2(CC2)CO1. The number of hydrogen-bond acceptors (Lipinski definition) is 4. The Morgan fingerprint density at radius 3 is 2.68 bits per heavy atom. The summed E-state index contributed by atoms with van der Waals surface area (Å²) >= 11 is 0. The van der Waals surface area contributed by atoms with E-state index < -0.39 is 5.79 Å². The van der Waals surface area contributed by atoms with Crippen LogP contribution < -0.4 is 4.74 Å². The number of nitrogens with zero attached hydrogens (tertiary/aromatic N) is 1. The van der Waals surface area contributed by atoms with Gasteiger partial charge in [-0.1, -0.05) is 0 Å². The van der Waals surface area contributed by atoms with E-state index in [0.29, 0.717) is 12.0 Å². The quantitative estimate of drug-likeness (QED) is 0.837. The third kappa shape index (κ3) is 2.90. The third-order valence-corrected chi connectivity index (χ3v) is 4.11. The lowest BCUT2D eigenvalue weighted by atomic mass is 10.1. The van der Waals surface area contributed by atoms with Gasteiger partial charge in [0.15, 0.2) is 5.79 Å². The summed E-state index contributed by atoms with van der Waals surface area (Å²) in [5, 5.41) is 0. The zero-order valence-electron chi connectivity index (χ0n) is 11.6. The van der Waals surface area contributed by atoms with Crippen LogP contribution in [0.1, 0.15) is 31.7 Å². The minimum Gasteiger partial charge on any atom is -0.493 e. The molecule has 4 heteroatoms. The standard InChI is InChI=1S/C15H21NO3/c1-12-9-16-7-3-13(12)17-8-6-14(2)18-10-15(4-5-15)11-19-14/h3,7,9H,4-6,8,10-11H2,1-2H3. The van der Waals surface area contributed by atoms with E-state index in [9.17, 15) is 0 Å². The van der Waals surface area contributed by atoms with Crippen LogP contribution in [0.15, 0.2) is 18.5 Å². The van der Waals surface area contributed by atoms with Crippen molar-refractivity contribution in [1.82, 2.24) is 4.98 Å². The highest BCUT2D eigenvalue weighted by Crippen LogP contribution is 2.50. The molecule has 2 aliphatic rings. The van der Waals surface area contributed by atoms with Gasteiger partial charge in [-0.3, -0.25) is 4.98 Å². The summed E-state index contributed by atoms with van der Waals surface area (Å²) in [6.45, 7) is 6.25. The van der Waals surface area contributed by atoms with Gasteiger partial charge in [0, 0.05) is 29.8 Å². The maximum atomic E-state index is 5.90. The molecule has 2 fully saturated rings. The number of pyridine rings is 1. The molecule has 1 spiro atoms. The number of aryl methyl sites for hydroxylation is 1. The highest BCUT2D eigenvalue weighted by Gasteiger charge is 2.49. The van der Waals surface area contributed by atoms with Gasteiger partial charge < -0.3 is 14.2 Å². The maximum Gasteiger partial charge on any atom is 0.168 e. The molecule has 0 aromatic carbocycles. The van der Waals surface area contributed by atoms with Crippen LogP contribution in [0.4, 0.5) is 0 Å². The predicted molar refractivity (Wildman–Crippen MR) is 71.1 cm³/mol. The minimum absolute atomic E-state index is 0.349. The van der Waals surface area contributed by atoms with Crippen molar-refractivity contribution in [3.63, 3.8) is 0 Å². The fourth-order valence-corrected chi connectivity index (χ4v) is 2.27. The molecule has 104 valence electrons. The highest BCUT2D eigenvalue weighted by molar-refractivity contribution is 5.28. The molecule has 1 aliphatic carbocycles. The Hall–Kier alpha value is -1.13. The van der Waals surface area contributed by atoms with Gasteiger partial charge in [0.2, 0.25) is 0 Å². The maximum absolute atomic E-state index is 5.90. The summed E-state index contributed by atoms with van der Waals surface area (Å²) in [5.74, 6) is 0.391. The Balaban J connectivity index is 1.48. The number of rotatable bonds is 4. The second kappa shape index (κ2) is 4.76. The second-order valence-corrected chi connectivity index (χ2v) is 5.95. The molecule has 0 N–H and O–H groups in total. The van der Waals surface area contributed by atoms with Gasteiger partial charge >= 0.3 is 0 Å². The van der Waals surface area contributed by atoms with E-state index in [1.165, 1.54) is 12.8 Å². The lowest BCUT2D eigenvalue weighted by molar-refractivity contribution is -0.283. The molecule has 0 bridgehead atoms. The Morgan fingerprint density at radius 2 is 2.05 bits per heavy atom. The van der Waals surface area contributed by atoms with Crippen molar-refractivity contribution in [2.45, 2.75) is 38.9 Å². The lowest BCUT2D eigenvalue weighted by Gasteiger charge is -2.38. The van der Waals surface area contributed by atoms with E-state index in [2.05, 4.69) is 4.98 Å². The van der Waals surface area contributed by atoms with E-state index in [4.69, 9.17) is 14.2 Å². The van der Waals surface area contributed by atoms with Gasteiger partial charge in [0.1, 0.15) is 5.75 Å².